The summed E-state index contributed by atoms with van der Waals surface area (Å²) in [5.41, 5.74) is 2.32. The van der Waals surface area contributed by atoms with Crippen LogP contribution in [-0.2, 0) is 13.1 Å². The van der Waals surface area contributed by atoms with E-state index in [1.807, 2.05) is 24.7 Å². The van der Waals surface area contributed by atoms with Gasteiger partial charge < -0.3 is 9.88 Å². The molecule has 0 unspecified atom stereocenters. The summed E-state index contributed by atoms with van der Waals surface area (Å²) in [6, 6.07) is 4.06. The second kappa shape index (κ2) is 6.48. The van der Waals surface area contributed by atoms with Crippen LogP contribution in [0.4, 0.5) is 0 Å². The molecular weight excluding hydrogens is 236 g/mol. The van der Waals surface area contributed by atoms with Gasteiger partial charge in [-0.2, -0.15) is 0 Å². The summed E-state index contributed by atoms with van der Waals surface area (Å²) < 4.78 is 2.16. The van der Waals surface area contributed by atoms with Crippen LogP contribution in [-0.4, -0.2) is 21.1 Å². The maximum absolute atomic E-state index is 4.43. The third-order valence-corrected chi connectivity index (χ3v) is 3.08. The second-order valence-corrected chi connectivity index (χ2v) is 5.26. The fourth-order valence-corrected chi connectivity index (χ4v) is 1.97. The zero-order valence-corrected chi connectivity index (χ0v) is 11.9. The largest absolute Gasteiger partial charge is 0.328 e. The van der Waals surface area contributed by atoms with E-state index in [4.69, 9.17) is 0 Å². The molecule has 0 aliphatic heterocycles. The molecule has 4 nitrogen and oxygen atoms in total. The monoisotopic (exact) mass is 258 g/mol. The summed E-state index contributed by atoms with van der Waals surface area (Å²) in [5.74, 6) is 1.71. The van der Waals surface area contributed by atoms with Crippen LogP contribution in [0, 0.1) is 12.8 Å². The zero-order chi connectivity index (χ0) is 13.7. The highest BCUT2D eigenvalue weighted by atomic mass is 15.1. The number of nitrogens with zero attached hydrogens (tertiary/aromatic N) is 3. The van der Waals surface area contributed by atoms with E-state index in [0.29, 0.717) is 5.92 Å². The molecule has 4 heteroatoms. The van der Waals surface area contributed by atoms with Gasteiger partial charge in [-0.15, -0.1) is 0 Å². The third-order valence-electron chi connectivity index (χ3n) is 3.08. The standard InChI is InChI=1S/C15H22N4/c1-12(2)9-16-10-15-18-7-8-19(15)11-14-13(3)5-4-6-17-14/h4-8,12,16H,9-11H2,1-3H3. The van der Waals surface area contributed by atoms with Crippen molar-refractivity contribution in [2.45, 2.75) is 33.9 Å². The Labute approximate surface area is 114 Å². The van der Waals surface area contributed by atoms with E-state index in [0.717, 1.165) is 31.2 Å². The number of imidazole rings is 1. The average Bonchev–Trinajstić information content (AvgIpc) is 2.79. The van der Waals surface area contributed by atoms with E-state index in [-0.39, 0.29) is 0 Å². The molecule has 0 saturated heterocycles. The van der Waals surface area contributed by atoms with E-state index < -0.39 is 0 Å². The highest BCUT2D eigenvalue weighted by molar-refractivity contribution is 5.18. The Hall–Kier alpha value is -1.68. The number of hydrogen-bond acceptors (Lipinski definition) is 3. The van der Waals surface area contributed by atoms with Crippen LogP contribution in [0.2, 0.25) is 0 Å². The van der Waals surface area contributed by atoms with Gasteiger partial charge in [0.25, 0.3) is 0 Å². The van der Waals surface area contributed by atoms with Crippen molar-refractivity contribution in [2.75, 3.05) is 6.54 Å². The van der Waals surface area contributed by atoms with Crippen LogP contribution < -0.4 is 5.32 Å². The van der Waals surface area contributed by atoms with E-state index in [1.54, 1.807) is 0 Å². The molecule has 0 atom stereocenters. The van der Waals surface area contributed by atoms with Crippen LogP contribution in [0.15, 0.2) is 30.7 Å². The molecule has 0 radical (unpaired) electrons. The van der Waals surface area contributed by atoms with Gasteiger partial charge in [0.05, 0.1) is 18.8 Å². The summed E-state index contributed by atoms with van der Waals surface area (Å²) >= 11 is 0. The quantitative estimate of drug-likeness (QED) is 0.865. The fraction of sp³-hybridized carbons (Fsp3) is 0.467. The Bertz CT molecular complexity index is 516. The molecule has 2 heterocycles. The molecule has 0 fully saturated rings. The molecule has 19 heavy (non-hydrogen) atoms. The first-order chi connectivity index (χ1) is 9.16. The number of nitrogens with one attached hydrogen (secondary N) is 1. The maximum atomic E-state index is 4.43. The van der Waals surface area contributed by atoms with E-state index in [1.165, 1.54) is 5.56 Å². The SMILES string of the molecule is Cc1cccnc1Cn1ccnc1CNCC(C)C. The van der Waals surface area contributed by atoms with Crippen molar-refractivity contribution in [2.24, 2.45) is 5.92 Å². The first kappa shape index (κ1) is 13.7. The Morgan fingerprint density at radius 1 is 1.26 bits per heavy atom. The van der Waals surface area contributed by atoms with Gasteiger partial charge in [0.1, 0.15) is 5.82 Å². The number of aromatic nitrogens is 3. The normalized spacial score (nSPS) is 11.2. The molecule has 102 valence electrons. The minimum Gasteiger partial charge on any atom is -0.328 e. The number of pyridine rings is 1. The van der Waals surface area contributed by atoms with Gasteiger partial charge in [-0.25, -0.2) is 4.98 Å². The molecule has 0 amide bonds. The van der Waals surface area contributed by atoms with Gasteiger partial charge in [-0.3, -0.25) is 4.98 Å². The van der Waals surface area contributed by atoms with Crippen molar-refractivity contribution >= 4 is 0 Å². The molecule has 0 bridgehead atoms. The first-order valence-electron chi connectivity index (χ1n) is 6.78. The minimum absolute atomic E-state index is 0.654. The zero-order valence-electron chi connectivity index (χ0n) is 11.9. The second-order valence-electron chi connectivity index (χ2n) is 5.26. The molecule has 2 aromatic heterocycles. The van der Waals surface area contributed by atoms with E-state index in [9.17, 15) is 0 Å². The van der Waals surface area contributed by atoms with Gasteiger partial charge in [0.15, 0.2) is 0 Å². The van der Waals surface area contributed by atoms with Crippen molar-refractivity contribution in [1.29, 1.82) is 0 Å². The van der Waals surface area contributed by atoms with E-state index >= 15 is 0 Å². The predicted molar refractivity (Wildman–Crippen MR) is 76.8 cm³/mol. The van der Waals surface area contributed by atoms with Crippen LogP contribution in [0.3, 0.4) is 0 Å². The number of rotatable bonds is 6. The van der Waals surface area contributed by atoms with Crippen molar-refractivity contribution in [1.82, 2.24) is 19.9 Å². The maximum Gasteiger partial charge on any atom is 0.123 e. The Balaban J connectivity index is 2.01. The highest BCUT2D eigenvalue weighted by Crippen LogP contribution is 2.07. The predicted octanol–water partition coefficient (Wildman–Crippen LogP) is 2.38. The van der Waals surface area contributed by atoms with Crippen molar-refractivity contribution in [3.63, 3.8) is 0 Å². The van der Waals surface area contributed by atoms with Crippen LogP contribution >= 0.6 is 0 Å². The summed E-state index contributed by atoms with van der Waals surface area (Å²) in [6.45, 7) is 9.10. The molecule has 0 spiro atoms. The van der Waals surface area contributed by atoms with Gasteiger partial charge >= 0.3 is 0 Å². The molecule has 0 aromatic carbocycles. The lowest BCUT2D eigenvalue weighted by atomic mass is 10.2. The molecule has 0 saturated carbocycles. The molecule has 0 aliphatic rings. The highest BCUT2D eigenvalue weighted by Gasteiger charge is 2.06. The minimum atomic E-state index is 0.654. The summed E-state index contributed by atoms with van der Waals surface area (Å²) in [6.07, 6.45) is 5.71. The van der Waals surface area contributed by atoms with Gasteiger partial charge in [0.2, 0.25) is 0 Å². The number of hydrogen-bond donors (Lipinski definition) is 1. The van der Waals surface area contributed by atoms with Crippen LogP contribution in [0.1, 0.15) is 30.9 Å². The first-order valence-corrected chi connectivity index (χ1v) is 6.78. The summed E-state index contributed by atoms with van der Waals surface area (Å²) in [7, 11) is 0. The smallest absolute Gasteiger partial charge is 0.123 e. The lowest BCUT2D eigenvalue weighted by Gasteiger charge is -2.11. The van der Waals surface area contributed by atoms with Gasteiger partial charge in [-0.05, 0) is 31.0 Å². The Morgan fingerprint density at radius 2 is 2.11 bits per heavy atom. The Kier molecular flexibility index (Phi) is 4.68. The van der Waals surface area contributed by atoms with Crippen molar-refractivity contribution in [3.8, 4) is 0 Å². The average molecular weight is 258 g/mol. The van der Waals surface area contributed by atoms with Crippen molar-refractivity contribution < 1.29 is 0 Å². The molecule has 2 rings (SSSR count). The lowest BCUT2D eigenvalue weighted by molar-refractivity contribution is 0.532. The van der Waals surface area contributed by atoms with Crippen LogP contribution in [0.25, 0.3) is 0 Å². The van der Waals surface area contributed by atoms with Crippen molar-refractivity contribution in [3.05, 3.63) is 47.8 Å². The van der Waals surface area contributed by atoms with Gasteiger partial charge in [0, 0.05) is 18.6 Å². The summed E-state index contributed by atoms with van der Waals surface area (Å²) in [5, 5.41) is 3.42. The third kappa shape index (κ3) is 3.89. The number of aryl methyl sites for hydroxylation is 1. The molecule has 1 N–H and O–H groups in total. The molecule has 2 aromatic rings. The topological polar surface area (TPSA) is 42.7 Å². The lowest BCUT2D eigenvalue weighted by Crippen LogP contribution is -2.21. The Morgan fingerprint density at radius 3 is 2.84 bits per heavy atom. The molecule has 0 aliphatic carbocycles. The van der Waals surface area contributed by atoms with E-state index in [2.05, 4.69) is 46.7 Å². The summed E-state index contributed by atoms with van der Waals surface area (Å²) in [4.78, 5) is 8.85. The fourth-order valence-electron chi connectivity index (χ4n) is 1.97. The van der Waals surface area contributed by atoms with Gasteiger partial charge in [-0.1, -0.05) is 19.9 Å². The van der Waals surface area contributed by atoms with Crippen LogP contribution in [0.5, 0.6) is 0 Å². The molecular formula is C15H22N4.